The highest BCUT2D eigenvalue weighted by atomic mass is 16.7. The summed E-state index contributed by atoms with van der Waals surface area (Å²) in [5.74, 6) is -1.80. The van der Waals surface area contributed by atoms with Crippen LogP contribution < -0.4 is 11.2 Å². The smallest absolute Gasteiger partial charge is 0.332 e. The molecule has 7 heteroatoms. The Labute approximate surface area is 74.8 Å². The lowest BCUT2D eigenvalue weighted by atomic mass is 10.3. The molecule has 0 aromatic heterocycles. The molecule has 1 atom stereocenters. The number of ether oxygens (including phenoxy) is 1. The number of carbonyl (C=O) groups is 2. The number of methoxy groups -OCH3 is 1. The van der Waals surface area contributed by atoms with Gasteiger partial charge in [0.15, 0.2) is 6.61 Å². The Balaban J connectivity index is 3.55. The molecule has 0 aromatic carbocycles. The molecule has 0 aliphatic heterocycles. The molecular weight excluding hydrogens is 180 g/mol. The molecule has 76 valence electrons. The molecule has 0 saturated heterocycles. The van der Waals surface area contributed by atoms with Crippen LogP contribution in [0.4, 0.5) is 0 Å². The maximum absolute atomic E-state index is 10.9. The number of aliphatic carboxylic acids is 1. The Morgan fingerprint density at radius 3 is 2.69 bits per heavy atom. The van der Waals surface area contributed by atoms with E-state index in [0.717, 1.165) is 0 Å². The Morgan fingerprint density at radius 2 is 2.23 bits per heavy atom. The first-order chi connectivity index (χ1) is 6.07. The fraction of sp³-hybridized carbons (Fsp3) is 0.667. The van der Waals surface area contributed by atoms with E-state index < -0.39 is 24.5 Å². The van der Waals surface area contributed by atoms with Crippen molar-refractivity contribution in [3.63, 3.8) is 0 Å². The third kappa shape index (κ3) is 6.02. The second-order valence-corrected chi connectivity index (χ2v) is 2.21. The summed E-state index contributed by atoms with van der Waals surface area (Å²) in [7, 11) is 1.39. The molecule has 0 saturated carbocycles. The number of nitrogens with one attached hydrogen (secondary N) is 1. The third-order valence-corrected chi connectivity index (χ3v) is 1.05. The largest absolute Gasteiger partial charge is 0.479 e. The number of hydroxylamine groups is 1. The zero-order valence-corrected chi connectivity index (χ0v) is 7.15. The van der Waals surface area contributed by atoms with Gasteiger partial charge in [0.05, 0.1) is 6.61 Å². The first kappa shape index (κ1) is 11.8. The molecule has 0 spiro atoms. The van der Waals surface area contributed by atoms with Crippen LogP contribution in [-0.4, -0.2) is 43.3 Å². The van der Waals surface area contributed by atoms with Gasteiger partial charge in [0, 0.05) is 7.11 Å². The molecule has 0 aliphatic carbocycles. The van der Waals surface area contributed by atoms with E-state index in [0.29, 0.717) is 0 Å². The van der Waals surface area contributed by atoms with Gasteiger partial charge in [-0.2, -0.15) is 0 Å². The normalized spacial score (nSPS) is 12.2. The van der Waals surface area contributed by atoms with Crippen LogP contribution in [-0.2, 0) is 19.2 Å². The maximum Gasteiger partial charge on any atom is 0.332 e. The minimum atomic E-state index is -1.18. The molecule has 0 radical (unpaired) electrons. The van der Waals surface area contributed by atoms with Gasteiger partial charge in [-0.15, -0.1) is 0 Å². The topological polar surface area (TPSA) is 111 Å². The van der Waals surface area contributed by atoms with Crippen molar-refractivity contribution < 1.29 is 24.3 Å². The highest BCUT2D eigenvalue weighted by Crippen LogP contribution is 1.80. The van der Waals surface area contributed by atoms with Gasteiger partial charge < -0.3 is 15.6 Å². The number of carbonyl (C=O) groups excluding carboxylic acids is 1. The second kappa shape index (κ2) is 6.35. The van der Waals surface area contributed by atoms with Gasteiger partial charge in [-0.25, -0.2) is 10.3 Å². The summed E-state index contributed by atoms with van der Waals surface area (Å²) >= 11 is 0. The number of carboxylic acids is 1. The quantitative estimate of drug-likeness (QED) is 0.423. The highest BCUT2D eigenvalue weighted by Gasteiger charge is 2.12. The van der Waals surface area contributed by atoms with E-state index >= 15 is 0 Å². The Kier molecular flexibility index (Phi) is 5.77. The minimum absolute atomic E-state index is 0.0439. The van der Waals surface area contributed by atoms with Gasteiger partial charge in [0.25, 0.3) is 5.91 Å². The standard InChI is InChI=1S/C6H12N2O5/c1-12-2-4(7)6(11)8-13-3-5(9)10/h4H,2-3,7H2,1H3,(H,8,11)(H,9,10). The summed E-state index contributed by atoms with van der Waals surface area (Å²) in [4.78, 5) is 25.1. The fourth-order valence-electron chi connectivity index (χ4n) is 0.500. The third-order valence-electron chi connectivity index (χ3n) is 1.05. The van der Waals surface area contributed by atoms with Crippen molar-refractivity contribution in [1.29, 1.82) is 0 Å². The molecule has 0 heterocycles. The van der Waals surface area contributed by atoms with E-state index in [1.54, 1.807) is 0 Å². The van der Waals surface area contributed by atoms with Gasteiger partial charge in [-0.05, 0) is 0 Å². The fourth-order valence-corrected chi connectivity index (χ4v) is 0.500. The number of carboxylic acid groups (broad SMARTS) is 1. The summed E-state index contributed by atoms with van der Waals surface area (Å²) in [6.07, 6.45) is 0. The molecule has 13 heavy (non-hydrogen) atoms. The Morgan fingerprint density at radius 1 is 1.62 bits per heavy atom. The van der Waals surface area contributed by atoms with Crippen molar-refractivity contribution in [2.45, 2.75) is 6.04 Å². The van der Waals surface area contributed by atoms with Crippen LogP contribution in [0.1, 0.15) is 0 Å². The Bertz CT molecular complexity index is 184. The van der Waals surface area contributed by atoms with Crippen molar-refractivity contribution in [3.8, 4) is 0 Å². The average molecular weight is 192 g/mol. The minimum Gasteiger partial charge on any atom is -0.479 e. The molecule has 0 aromatic rings. The zero-order valence-electron chi connectivity index (χ0n) is 7.15. The zero-order chi connectivity index (χ0) is 10.3. The van der Waals surface area contributed by atoms with Crippen molar-refractivity contribution in [3.05, 3.63) is 0 Å². The van der Waals surface area contributed by atoms with Gasteiger partial charge >= 0.3 is 5.97 Å². The van der Waals surface area contributed by atoms with Crippen molar-refractivity contribution in [2.75, 3.05) is 20.3 Å². The molecule has 1 amide bonds. The SMILES string of the molecule is COCC(N)C(=O)NOCC(=O)O. The lowest BCUT2D eigenvalue weighted by molar-refractivity contribution is -0.150. The van der Waals surface area contributed by atoms with Crippen LogP contribution >= 0.6 is 0 Å². The first-order valence-electron chi connectivity index (χ1n) is 3.46. The van der Waals surface area contributed by atoms with Crippen molar-refractivity contribution in [2.24, 2.45) is 5.73 Å². The number of hydrogen-bond donors (Lipinski definition) is 3. The van der Waals surface area contributed by atoms with E-state index in [4.69, 9.17) is 10.8 Å². The maximum atomic E-state index is 10.9. The van der Waals surface area contributed by atoms with Crippen molar-refractivity contribution in [1.82, 2.24) is 5.48 Å². The molecule has 0 aliphatic rings. The monoisotopic (exact) mass is 192 g/mol. The molecule has 1 unspecified atom stereocenters. The van der Waals surface area contributed by atoms with Gasteiger partial charge in [0.2, 0.25) is 0 Å². The summed E-state index contributed by atoms with van der Waals surface area (Å²) in [5.41, 5.74) is 7.15. The van der Waals surface area contributed by atoms with Gasteiger partial charge in [-0.3, -0.25) is 9.63 Å². The summed E-state index contributed by atoms with van der Waals surface area (Å²) < 4.78 is 4.59. The Hall–Kier alpha value is -1.18. The van der Waals surface area contributed by atoms with Crippen molar-refractivity contribution >= 4 is 11.9 Å². The summed E-state index contributed by atoms with van der Waals surface area (Å²) in [5, 5.41) is 8.14. The number of amides is 1. The molecule has 0 rings (SSSR count). The average Bonchev–Trinajstić information content (AvgIpc) is 2.04. The van der Waals surface area contributed by atoms with Crippen LogP contribution in [0.5, 0.6) is 0 Å². The molecule has 0 bridgehead atoms. The van der Waals surface area contributed by atoms with Crippen LogP contribution in [0, 0.1) is 0 Å². The van der Waals surface area contributed by atoms with Crippen LogP contribution in [0.2, 0.25) is 0 Å². The lowest BCUT2D eigenvalue weighted by Crippen LogP contribution is -2.43. The highest BCUT2D eigenvalue weighted by molar-refractivity contribution is 5.80. The molecule has 0 fully saturated rings. The van der Waals surface area contributed by atoms with E-state index in [9.17, 15) is 9.59 Å². The predicted molar refractivity (Wildman–Crippen MR) is 41.6 cm³/mol. The number of rotatable bonds is 6. The van der Waals surface area contributed by atoms with Gasteiger partial charge in [-0.1, -0.05) is 0 Å². The first-order valence-corrected chi connectivity index (χ1v) is 3.46. The molecule has 4 N–H and O–H groups in total. The molecular formula is C6H12N2O5. The predicted octanol–water partition coefficient (Wildman–Crippen LogP) is -1.91. The van der Waals surface area contributed by atoms with E-state index in [1.165, 1.54) is 7.11 Å². The number of hydrogen-bond acceptors (Lipinski definition) is 5. The van der Waals surface area contributed by atoms with Gasteiger partial charge in [0.1, 0.15) is 6.04 Å². The summed E-state index contributed by atoms with van der Waals surface area (Å²) in [6.45, 7) is -0.562. The van der Waals surface area contributed by atoms with Crippen LogP contribution in [0.25, 0.3) is 0 Å². The second-order valence-electron chi connectivity index (χ2n) is 2.21. The van der Waals surface area contributed by atoms with Crippen LogP contribution in [0.15, 0.2) is 0 Å². The van der Waals surface area contributed by atoms with E-state index in [1.807, 2.05) is 5.48 Å². The van der Waals surface area contributed by atoms with E-state index in [-0.39, 0.29) is 6.61 Å². The molecule has 7 nitrogen and oxygen atoms in total. The summed E-state index contributed by atoms with van der Waals surface area (Å²) in [6, 6.07) is -0.862. The van der Waals surface area contributed by atoms with Crippen LogP contribution in [0.3, 0.4) is 0 Å². The number of nitrogens with two attached hydrogens (primary N) is 1. The van der Waals surface area contributed by atoms with E-state index in [2.05, 4.69) is 9.57 Å². The lowest BCUT2D eigenvalue weighted by Gasteiger charge is -2.09.